The summed E-state index contributed by atoms with van der Waals surface area (Å²) in [5, 5.41) is 5.71. The van der Waals surface area contributed by atoms with Crippen molar-refractivity contribution in [2.24, 2.45) is 0 Å². The third-order valence-corrected chi connectivity index (χ3v) is 2.82. The lowest BCUT2D eigenvalue weighted by Gasteiger charge is -2.20. The van der Waals surface area contributed by atoms with Gasteiger partial charge in [-0.25, -0.2) is 9.18 Å². The molecular formula is C17H20FN3O2. The second-order valence-electron chi connectivity index (χ2n) is 6.03. The molecule has 122 valence electrons. The lowest BCUT2D eigenvalue weighted by atomic mass is 10.2. The standard InChI is InChI=1S/C17H20FN3O2/c1-17(2,3)23-16(22)21-14-7-6-13(18)9-15(14)20-11-12-5-4-8-19-10-12/h4-10,20H,11H2,1-3H3,(H,21,22). The second kappa shape index (κ2) is 7.09. The van der Waals surface area contributed by atoms with Crippen molar-refractivity contribution in [3.8, 4) is 0 Å². The predicted molar refractivity (Wildman–Crippen MR) is 87.8 cm³/mol. The number of nitrogens with one attached hydrogen (secondary N) is 2. The number of carbonyl (C=O) groups excluding carboxylic acids is 1. The van der Waals surface area contributed by atoms with Gasteiger partial charge in [0.2, 0.25) is 0 Å². The summed E-state index contributed by atoms with van der Waals surface area (Å²) in [5.74, 6) is -0.395. The lowest BCUT2D eigenvalue weighted by Crippen LogP contribution is -2.27. The van der Waals surface area contributed by atoms with Crippen molar-refractivity contribution >= 4 is 17.5 Å². The minimum absolute atomic E-state index is 0.395. The third-order valence-electron chi connectivity index (χ3n) is 2.82. The van der Waals surface area contributed by atoms with Crippen LogP contribution in [-0.4, -0.2) is 16.7 Å². The molecule has 0 unspecified atom stereocenters. The molecule has 1 amide bonds. The zero-order chi connectivity index (χ0) is 16.9. The van der Waals surface area contributed by atoms with Crippen LogP contribution in [0.1, 0.15) is 26.3 Å². The molecule has 5 nitrogen and oxygen atoms in total. The van der Waals surface area contributed by atoms with Crippen LogP contribution in [-0.2, 0) is 11.3 Å². The molecule has 6 heteroatoms. The van der Waals surface area contributed by atoms with Gasteiger partial charge < -0.3 is 10.1 Å². The number of amides is 1. The fraction of sp³-hybridized carbons (Fsp3) is 0.294. The Bertz CT molecular complexity index is 669. The van der Waals surface area contributed by atoms with Gasteiger partial charge in [-0.3, -0.25) is 10.3 Å². The number of anilines is 2. The average Bonchev–Trinajstić information content (AvgIpc) is 2.46. The van der Waals surface area contributed by atoms with E-state index in [2.05, 4.69) is 15.6 Å². The lowest BCUT2D eigenvalue weighted by molar-refractivity contribution is 0.0636. The van der Waals surface area contributed by atoms with Crippen LogP contribution in [0, 0.1) is 5.82 Å². The van der Waals surface area contributed by atoms with Crippen molar-refractivity contribution < 1.29 is 13.9 Å². The smallest absolute Gasteiger partial charge is 0.412 e. The summed E-state index contributed by atoms with van der Waals surface area (Å²) in [4.78, 5) is 15.9. The number of pyridine rings is 1. The molecule has 1 heterocycles. The van der Waals surface area contributed by atoms with Gasteiger partial charge >= 0.3 is 6.09 Å². The zero-order valence-corrected chi connectivity index (χ0v) is 13.4. The zero-order valence-electron chi connectivity index (χ0n) is 13.4. The van der Waals surface area contributed by atoms with Crippen molar-refractivity contribution in [2.45, 2.75) is 32.9 Å². The summed E-state index contributed by atoms with van der Waals surface area (Å²) in [5.41, 5.74) is 1.26. The van der Waals surface area contributed by atoms with Gasteiger partial charge in [0.05, 0.1) is 11.4 Å². The molecule has 2 aromatic rings. The van der Waals surface area contributed by atoms with Gasteiger partial charge in [-0.2, -0.15) is 0 Å². The van der Waals surface area contributed by atoms with E-state index in [1.807, 2.05) is 12.1 Å². The minimum Gasteiger partial charge on any atom is -0.444 e. The molecule has 2 rings (SSSR count). The van der Waals surface area contributed by atoms with Crippen molar-refractivity contribution in [3.05, 3.63) is 54.1 Å². The Labute approximate surface area is 134 Å². The summed E-state index contributed by atoms with van der Waals surface area (Å²) in [6.45, 7) is 5.79. The number of carbonyl (C=O) groups is 1. The molecule has 23 heavy (non-hydrogen) atoms. The van der Waals surface area contributed by atoms with Gasteiger partial charge in [-0.05, 0) is 50.6 Å². The summed E-state index contributed by atoms with van der Waals surface area (Å²) < 4.78 is 18.7. The van der Waals surface area contributed by atoms with Crippen LogP contribution >= 0.6 is 0 Å². The number of ether oxygens (including phenoxy) is 1. The normalized spacial score (nSPS) is 11.0. The number of hydrogen-bond acceptors (Lipinski definition) is 4. The Kier molecular flexibility index (Phi) is 5.16. The van der Waals surface area contributed by atoms with E-state index in [0.29, 0.717) is 17.9 Å². The predicted octanol–water partition coefficient (Wildman–Crippen LogP) is 4.18. The van der Waals surface area contributed by atoms with Crippen LogP contribution in [0.5, 0.6) is 0 Å². The van der Waals surface area contributed by atoms with Crippen molar-refractivity contribution in [2.75, 3.05) is 10.6 Å². The Balaban J connectivity index is 2.09. The highest BCUT2D eigenvalue weighted by Crippen LogP contribution is 2.24. The first-order valence-electron chi connectivity index (χ1n) is 7.26. The number of aromatic nitrogens is 1. The Morgan fingerprint density at radius 1 is 1.26 bits per heavy atom. The molecule has 0 saturated heterocycles. The molecular weight excluding hydrogens is 297 g/mol. The van der Waals surface area contributed by atoms with Gasteiger partial charge in [0.25, 0.3) is 0 Å². The topological polar surface area (TPSA) is 63.2 Å². The van der Waals surface area contributed by atoms with E-state index >= 15 is 0 Å². The van der Waals surface area contributed by atoms with Crippen LogP contribution in [0.3, 0.4) is 0 Å². The molecule has 0 aliphatic carbocycles. The van der Waals surface area contributed by atoms with Crippen molar-refractivity contribution in [1.82, 2.24) is 4.98 Å². The molecule has 0 aliphatic heterocycles. The highest BCUT2D eigenvalue weighted by Gasteiger charge is 2.17. The average molecular weight is 317 g/mol. The maximum absolute atomic E-state index is 13.5. The molecule has 0 radical (unpaired) electrons. The van der Waals surface area contributed by atoms with Crippen LogP contribution in [0.4, 0.5) is 20.6 Å². The van der Waals surface area contributed by atoms with Gasteiger partial charge in [-0.1, -0.05) is 6.07 Å². The highest BCUT2D eigenvalue weighted by molar-refractivity contribution is 5.89. The first-order valence-corrected chi connectivity index (χ1v) is 7.26. The van der Waals surface area contributed by atoms with Gasteiger partial charge in [0.15, 0.2) is 0 Å². The SMILES string of the molecule is CC(C)(C)OC(=O)Nc1ccc(F)cc1NCc1cccnc1. The Morgan fingerprint density at radius 3 is 2.70 bits per heavy atom. The van der Waals surface area contributed by atoms with E-state index < -0.39 is 17.5 Å². The summed E-state index contributed by atoms with van der Waals surface area (Å²) in [6.07, 6.45) is 2.81. The molecule has 0 bridgehead atoms. The first-order chi connectivity index (χ1) is 10.8. The molecule has 0 saturated carbocycles. The van der Waals surface area contributed by atoms with E-state index in [0.717, 1.165) is 5.56 Å². The van der Waals surface area contributed by atoms with Crippen LogP contribution in [0.2, 0.25) is 0 Å². The van der Waals surface area contributed by atoms with Crippen molar-refractivity contribution in [1.29, 1.82) is 0 Å². The molecule has 0 fully saturated rings. The number of hydrogen-bond donors (Lipinski definition) is 2. The van der Waals surface area contributed by atoms with Crippen LogP contribution in [0.25, 0.3) is 0 Å². The van der Waals surface area contributed by atoms with E-state index in [9.17, 15) is 9.18 Å². The van der Waals surface area contributed by atoms with E-state index in [1.54, 1.807) is 33.2 Å². The quantitative estimate of drug-likeness (QED) is 0.888. The van der Waals surface area contributed by atoms with Crippen LogP contribution < -0.4 is 10.6 Å². The molecule has 0 aliphatic rings. The van der Waals surface area contributed by atoms with Gasteiger partial charge in [-0.15, -0.1) is 0 Å². The van der Waals surface area contributed by atoms with Gasteiger partial charge in [0, 0.05) is 18.9 Å². The maximum atomic E-state index is 13.5. The third kappa shape index (κ3) is 5.58. The molecule has 0 atom stereocenters. The molecule has 1 aromatic carbocycles. The largest absolute Gasteiger partial charge is 0.444 e. The Morgan fingerprint density at radius 2 is 2.04 bits per heavy atom. The fourth-order valence-corrected chi connectivity index (χ4v) is 1.89. The Hall–Kier alpha value is -2.63. The van der Waals surface area contributed by atoms with Gasteiger partial charge in [0.1, 0.15) is 11.4 Å². The summed E-state index contributed by atoms with van der Waals surface area (Å²) in [7, 11) is 0. The number of halogens is 1. The van der Waals surface area contributed by atoms with E-state index in [1.165, 1.54) is 18.2 Å². The number of rotatable bonds is 4. The first kappa shape index (κ1) is 16.7. The second-order valence-corrected chi connectivity index (χ2v) is 6.03. The monoisotopic (exact) mass is 317 g/mol. The van der Waals surface area contributed by atoms with E-state index in [4.69, 9.17) is 4.74 Å². The van der Waals surface area contributed by atoms with Crippen molar-refractivity contribution in [3.63, 3.8) is 0 Å². The number of benzene rings is 1. The van der Waals surface area contributed by atoms with Crippen LogP contribution in [0.15, 0.2) is 42.7 Å². The molecule has 1 aromatic heterocycles. The number of nitrogens with zero attached hydrogens (tertiary/aromatic N) is 1. The maximum Gasteiger partial charge on any atom is 0.412 e. The molecule has 2 N–H and O–H groups in total. The summed E-state index contributed by atoms with van der Waals surface area (Å²) in [6, 6.07) is 7.82. The highest BCUT2D eigenvalue weighted by atomic mass is 19.1. The van der Waals surface area contributed by atoms with E-state index in [-0.39, 0.29) is 0 Å². The minimum atomic E-state index is -0.604. The summed E-state index contributed by atoms with van der Waals surface area (Å²) >= 11 is 0. The molecule has 0 spiro atoms. The fourth-order valence-electron chi connectivity index (χ4n) is 1.89.